The number of aliphatic carboxylic acids is 1. The highest BCUT2D eigenvalue weighted by molar-refractivity contribution is 7.99. The van der Waals surface area contributed by atoms with E-state index in [0.717, 1.165) is 17.1 Å². The smallest absolute Gasteiger partial charge is 0.317 e. The Labute approximate surface area is 158 Å². The Morgan fingerprint density at radius 3 is 2.62 bits per heavy atom. The molecule has 1 atom stereocenters. The third kappa shape index (κ3) is 5.33. The Bertz CT molecular complexity index is 619. The fraction of sp³-hybridized carbons (Fsp3) is 0.667. The minimum atomic E-state index is -0.824. The van der Waals surface area contributed by atoms with Gasteiger partial charge in [-0.25, -0.2) is 14.8 Å². The molecule has 1 aromatic heterocycles. The number of urea groups is 1. The number of piperidine rings is 1. The summed E-state index contributed by atoms with van der Waals surface area (Å²) in [6, 6.07) is -0.190. The van der Waals surface area contributed by atoms with E-state index >= 15 is 0 Å². The number of thioether (sulfide) groups is 1. The molecule has 1 aliphatic heterocycles. The lowest BCUT2D eigenvalue weighted by atomic mass is 9.99. The summed E-state index contributed by atoms with van der Waals surface area (Å²) in [7, 11) is 0. The van der Waals surface area contributed by atoms with Gasteiger partial charge in [-0.3, -0.25) is 4.79 Å². The second kappa shape index (κ2) is 9.21. The van der Waals surface area contributed by atoms with Gasteiger partial charge in [0.15, 0.2) is 5.16 Å². The van der Waals surface area contributed by atoms with Gasteiger partial charge in [0.1, 0.15) is 0 Å². The quantitative estimate of drug-likeness (QED) is 0.739. The number of carboxylic acids is 1. The number of carboxylic acid groups (broad SMARTS) is 1. The molecule has 1 unspecified atom stereocenters. The molecule has 0 aromatic carbocycles. The van der Waals surface area contributed by atoms with Crippen LogP contribution in [0.5, 0.6) is 0 Å². The number of nitrogens with one attached hydrogen (secondary N) is 1. The van der Waals surface area contributed by atoms with Gasteiger partial charge in [-0.2, -0.15) is 0 Å². The summed E-state index contributed by atoms with van der Waals surface area (Å²) in [5.74, 6) is -1.27. The highest BCUT2D eigenvalue weighted by Crippen LogP contribution is 2.32. The van der Waals surface area contributed by atoms with E-state index in [1.807, 2.05) is 12.4 Å². The molecule has 0 bridgehead atoms. The Morgan fingerprint density at radius 1 is 1.19 bits per heavy atom. The molecule has 2 N–H and O–H groups in total. The summed E-state index contributed by atoms with van der Waals surface area (Å²) in [6.07, 6.45) is 10.8. The zero-order valence-corrected chi connectivity index (χ0v) is 15.7. The van der Waals surface area contributed by atoms with E-state index in [4.69, 9.17) is 5.11 Å². The van der Waals surface area contributed by atoms with E-state index in [2.05, 4.69) is 15.3 Å². The topological polar surface area (TPSA) is 95.4 Å². The largest absolute Gasteiger partial charge is 0.481 e. The molecular weight excluding hydrogens is 352 g/mol. The Morgan fingerprint density at radius 2 is 1.92 bits per heavy atom. The first-order chi connectivity index (χ1) is 12.6. The Hall–Kier alpha value is -1.83. The van der Waals surface area contributed by atoms with Crippen LogP contribution in [0, 0.1) is 5.92 Å². The van der Waals surface area contributed by atoms with Crippen LogP contribution in [0.3, 0.4) is 0 Å². The average Bonchev–Trinajstić information content (AvgIpc) is 3.16. The van der Waals surface area contributed by atoms with Crippen LogP contribution < -0.4 is 5.32 Å². The minimum Gasteiger partial charge on any atom is -0.481 e. The van der Waals surface area contributed by atoms with Gasteiger partial charge >= 0.3 is 12.0 Å². The monoisotopic (exact) mass is 378 g/mol. The van der Waals surface area contributed by atoms with Crippen molar-refractivity contribution in [2.75, 3.05) is 19.6 Å². The first kappa shape index (κ1) is 18.9. The molecule has 2 aliphatic rings. The summed E-state index contributed by atoms with van der Waals surface area (Å²) in [5, 5.41) is 13.5. The van der Waals surface area contributed by atoms with Crippen LogP contribution in [0.2, 0.25) is 0 Å². The third-order valence-corrected chi connectivity index (χ3v) is 6.23. The number of amides is 2. The van der Waals surface area contributed by atoms with Gasteiger partial charge in [0.2, 0.25) is 0 Å². The van der Waals surface area contributed by atoms with Crippen LogP contribution in [-0.2, 0) is 11.2 Å². The van der Waals surface area contributed by atoms with Crippen molar-refractivity contribution >= 4 is 23.8 Å². The van der Waals surface area contributed by atoms with E-state index in [9.17, 15) is 9.59 Å². The molecule has 2 fully saturated rings. The molecule has 2 heterocycles. The SMILES string of the molecule is O=C(O)C1CCCN(C(=O)NCCc2cnc(SC3CCCC3)nc2)C1. The number of aromatic nitrogens is 2. The maximum atomic E-state index is 12.2. The molecule has 1 saturated carbocycles. The van der Waals surface area contributed by atoms with Crippen molar-refractivity contribution in [1.82, 2.24) is 20.2 Å². The van der Waals surface area contributed by atoms with Crippen LogP contribution in [0.15, 0.2) is 17.6 Å². The molecule has 2 amide bonds. The van der Waals surface area contributed by atoms with Gasteiger partial charge in [-0.05, 0) is 37.7 Å². The Balaban J connectivity index is 1.39. The van der Waals surface area contributed by atoms with Gasteiger partial charge in [0, 0.05) is 37.3 Å². The summed E-state index contributed by atoms with van der Waals surface area (Å²) in [6.45, 7) is 1.40. The van der Waals surface area contributed by atoms with Gasteiger partial charge in [-0.1, -0.05) is 24.6 Å². The second-order valence-electron chi connectivity index (χ2n) is 7.00. The number of carbonyl (C=O) groups excluding carboxylic acids is 1. The predicted octanol–water partition coefficient (Wildman–Crippen LogP) is 2.56. The highest BCUT2D eigenvalue weighted by atomic mass is 32.2. The molecule has 1 saturated heterocycles. The number of nitrogens with zero attached hydrogens (tertiary/aromatic N) is 3. The van der Waals surface area contributed by atoms with E-state index in [1.165, 1.54) is 25.7 Å². The molecule has 0 spiro atoms. The maximum absolute atomic E-state index is 12.2. The summed E-state index contributed by atoms with van der Waals surface area (Å²) < 4.78 is 0. The summed E-state index contributed by atoms with van der Waals surface area (Å²) in [4.78, 5) is 33.7. The number of rotatable bonds is 6. The van der Waals surface area contributed by atoms with Crippen LogP contribution in [0.25, 0.3) is 0 Å². The molecule has 7 nitrogen and oxygen atoms in total. The average molecular weight is 378 g/mol. The van der Waals surface area contributed by atoms with E-state index in [-0.39, 0.29) is 12.6 Å². The molecule has 26 heavy (non-hydrogen) atoms. The second-order valence-corrected chi connectivity index (χ2v) is 8.27. The zero-order valence-electron chi connectivity index (χ0n) is 14.9. The van der Waals surface area contributed by atoms with Crippen molar-refractivity contribution in [3.8, 4) is 0 Å². The fourth-order valence-corrected chi connectivity index (χ4v) is 4.57. The van der Waals surface area contributed by atoms with Crippen LogP contribution >= 0.6 is 11.8 Å². The van der Waals surface area contributed by atoms with Crippen LogP contribution in [0.1, 0.15) is 44.1 Å². The normalized spacial score (nSPS) is 20.9. The fourth-order valence-electron chi connectivity index (χ4n) is 3.48. The Kier molecular flexibility index (Phi) is 6.71. The lowest BCUT2D eigenvalue weighted by Crippen LogP contribution is -2.47. The number of carbonyl (C=O) groups is 2. The predicted molar refractivity (Wildman–Crippen MR) is 99.2 cm³/mol. The van der Waals surface area contributed by atoms with Crippen molar-refractivity contribution in [3.63, 3.8) is 0 Å². The van der Waals surface area contributed by atoms with Gasteiger partial charge < -0.3 is 15.3 Å². The van der Waals surface area contributed by atoms with E-state index in [1.54, 1.807) is 16.7 Å². The molecule has 8 heteroatoms. The molecule has 3 rings (SSSR count). The summed E-state index contributed by atoms with van der Waals surface area (Å²) in [5.41, 5.74) is 0.989. The van der Waals surface area contributed by atoms with Crippen molar-refractivity contribution in [2.45, 2.75) is 55.4 Å². The molecule has 1 aromatic rings. The third-order valence-electron chi connectivity index (χ3n) is 5.00. The van der Waals surface area contributed by atoms with Crippen molar-refractivity contribution < 1.29 is 14.7 Å². The van der Waals surface area contributed by atoms with Gasteiger partial charge in [-0.15, -0.1) is 0 Å². The van der Waals surface area contributed by atoms with Crippen LogP contribution in [0.4, 0.5) is 4.79 Å². The lowest BCUT2D eigenvalue weighted by molar-refractivity contribution is -0.143. The molecule has 0 radical (unpaired) electrons. The minimum absolute atomic E-state index is 0.190. The van der Waals surface area contributed by atoms with Gasteiger partial charge in [0.25, 0.3) is 0 Å². The molecular formula is C18H26N4O3S. The lowest BCUT2D eigenvalue weighted by Gasteiger charge is -2.30. The van der Waals surface area contributed by atoms with Crippen molar-refractivity contribution in [2.24, 2.45) is 5.92 Å². The number of hydrogen-bond acceptors (Lipinski definition) is 5. The van der Waals surface area contributed by atoms with Crippen LogP contribution in [-0.4, -0.2) is 56.9 Å². The summed E-state index contributed by atoms with van der Waals surface area (Å²) >= 11 is 1.76. The maximum Gasteiger partial charge on any atom is 0.317 e. The number of likely N-dealkylation sites (tertiary alicyclic amines) is 1. The van der Waals surface area contributed by atoms with E-state index in [0.29, 0.717) is 31.2 Å². The molecule has 1 aliphatic carbocycles. The van der Waals surface area contributed by atoms with E-state index < -0.39 is 11.9 Å². The van der Waals surface area contributed by atoms with Crippen molar-refractivity contribution in [1.29, 1.82) is 0 Å². The highest BCUT2D eigenvalue weighted by Gasteiger charge is 2.27. The zero-order chi connectivity index (χ0) is 18.4. The van der Waals surface area contributed by atoms with Gasteiger partial charge in [0.05, 0.1) is 5.92 Å². The first-order valence-electron chi connectivity index (χ1n) is 9.35. The first-order valence-corrected chi connectivity index (χ1v) is 10.2. The molecule has 142 valence electrons. The van der Waals surface area contributed by atoms with Crippen molar-refractivity contribution in [3.05, 3.63) is 18.0 Å². The standard InChI is InChI=1S/C18H26N4O3S/c23-16(24)14-4-3-9-22(12-14)18(25)19-8-7-13-10-20-17(21-11-13)26-15-5-1-2-6-15/h10-11,14-15H,1-9,12H2,(H,19,25)(H,23,24). The number of hydrogen-bond donors (Lipinski definition) is 2.